The monoisotopic (exact) mass is 220 g/mol. The first-order valence-corrected chi connectivity index (χ1v) is 5.94. The van der Waals surface area contributed by atoms with Gasteiger partial charge in [0.1, 0.15) is 5.75 Å². The van der Waals surface area contributed by atoms with Crippen LogP contribution in [0.3, 0.4) is 0 Å². The fourth-order valence-electron chi connectivity index (χ4n) is 2.35. The van der Waals surface area contributed by atoms with Crippen molar-refractivity contribution in [3.8, 4) is 5.75 Å². The molecular formula is C13H20N2O. The van der Waals surface area contributed by atoms with Crippen molar-refractivity contribution in [2.75, 3.05) is 14.2 Å². The van der Waals surface area contributed by atoms with Crippen LogP contribution in [0, 0.1) is 11.8 Å². The fourth-order valence-corrected chi connectivity index (χ4v) is 2.35. The molecule has 1 saturated carbocycles. The van der Waals surface area contributed by atoms with Crippen molar-refractivity contribution >= 4 is 0 Å². The fraction of sp³-hybridized carbons (Fsp3) is 0.615. The molecule has 0 saturated heterocycles. The zero-order valence-corrected chi connectivity index (χ0v) is 10.2. The summed E-state index contributed by atoms with van der Waals surface area (Å²) >= 11 is 0. The van der Waals surface area contributed by atoms with Gasteiger partial charge in [-0.15, -0.1) is 0 Å². The van der Waals surface area contributed by atoms with E-state index in [1.807, 2.05) is 25.4 Å². The average Bonchev–Trinajstić information content (AvgIpc) is 3.14. The number of methoxy groups -OCH3 is 1. The quantitative estimate of drug-likeness (QED) is 0.827. The van der Waals surface area contributed by atoms with Gasteiger partial charge >= 0.3 is 0 Å². The molecule has 1 aliphatic carbocycles. The summed E-state index contributed by atoms with van der Waals surface area (Å²) in [7, 11) is 3.70. The first kappa shape index (κ1) is 11.4. The Kier molecular flexibility index (Phi) is 3.44. The minimum Gasteiger partial charge on any atom is -0.495 e. The van der Waals surface area contributed by atoms with Crippen molar-refractivity contribution in [3.05, 3.63) is 24.0 Å². The molecule has 1 aromatic heterocycles. The molecule has 2 rings (SSSR count). The molecule has 0 spiro atoms. The molecule has 1 fully saturated rings. The zero-order chi connectivity index (χ0) is 11.5. The van der Waals surface area contributed by atoms with Gasteiger partial charge in [0.2, 0.25) is 0 Å². The van der Waals surface area contributed by atoms with Gasteiger partial charge in [0.15, 0.2) is 0 Å². The van der Waals surface area contributed by atoms with Gasteiger partial charge in [-0.05, 0) is 43.9 Å². The molecule has 16 heavy (non-hydrogen) atoms. The van der Waals surface area contributed by atoms with Crippen molar-refractivity contribution in [1.82, 2.24) is 10.3 Å². The molecule has 0 aromatic carbocycles. The van der Waals surface area contributed by atoms with Crippen LogP contribution < -0.4 is 10.1 Å². The Hall–Kier alpha value is -1.09. The Labute approximate surface area is 97.2 Å². The number of hydrogen-bond donors (Lipinski definition) is 1. The second-order valence-electron chi connectivity index (χ2n) is 4.55. The van der Waals surface area contributed by atoms with E-state index in [1.54, 1.807) is 7.11 Å². The highest BCUT2D eigenvalue weighted by Gasteiger charge is 2.34. The summed E-state index contributed by atoms with van der Waals surface area (Å²) in [6.07, 6.45) is 4.55. The standard InChI is InChI=1S/C13H20N2O/c1-9(10-6-7-10)12(14-2)13-11(16-3)5-4-8-15-13/h4-5,8-10,12,14H,6-7H2,1-3H3. The van der Waals surface area contributed by atoms with Crippen LogP contribution >= 0.6 is 0 Å². The molecule has 88 valence electrons. The number of pyridine rings is 1. The van der Waals surface area contributed by atoms with E-state index in [0.717, 1.165) is 17.4 Å². The normalized spacial score (nSPS) is 19.2. The van der Waals surface area contributed by atoms with Gasteiger partial charge < -0.3 is 10.1 Å². The highest BCUT2D eigenvalue weighted by molar-refractivity contribution is 5.30. The van der Waals surface area contributed by atoms with Gasteiger partial charge in [-0.2, -0.15) is 0 Å². The summed E-state index contributed by atoms with van der Waals surface area (Å²) in [5.74, 6) is 2.35. The summed E-state index contributed by atoms with van der Waals surface area (Å²) in [5, 5.41) is 3.37. The summed E-state index contributed by atoms with van der Waals surface area (Å²) in [6, 6.07) is 4.19. The topological polar surface area (TPSA) is 34.2 Å². The van der Waals surface area contributed by atoms with Crippen molar-refractivity contribution in [2.45, 2.75) is 25.8 Å². The zero-order valence-electron chi connectivity index (χ0n) is 10.2. The highest BCUT2D eigenvalue weighted by Crippen LogP contribution is 2.43. The summed E-state index contributed by atoms with van der Waals surface area (Å²) in [6.45, 7) is 2.30. The number of nitrogens with one attached hydrogen (secondary N) is 1. The molecule has 1 aliphatic rings. The largest absolute Gasteiger partial charge is 0.495 e. The molecule has 1 heterocycles. The molecule has 0 aliphatic heterocycles. The van der Waals surface area contributed by atoms with E-state index in [0.29, 0.717) is 12.0 Å². The van der Waals surface area contributed by atoms with Crippen LogP contribution in [0.15, 0.2) is 18.3 Å². The van der Waals surface area contributed by atoms with Crippen molar-refractivity contribution in [3.63, 3.8) is 0 Å². The maximum Gasteiger partial charge on any atom is 0.141 e. The first-order chi connectivity index (χ1) is 7.77. The molecule has 1 aromatic rings. The van der Waals surface area contributed by atoms with Gasteiger partial charge in [0.05, 0.1) is 18.8 Å². The second kappa shape index (κ2) is 4.83. The number of ether oxygens (including phenoxy) is 1. The summed E-state index contributed by atoms with van der Waals surface area (Å²) in [5.41, 5.74) is 1.03. The van der Waals surface area contributed by atoms with Crippen LogP contribution in [-0.4, -0.2) is 19.1 Å². The number of nitrogens with zero attached hydrogens (tertiary/aromatic N) is 1. The Morgan fingerprint density at radius 3 is 2.81 bits per heavy atom. The maximum absolute atomic E-state index is 5.38. The number of aromatic nitrogens is 1. The van der Waals surface area contributed by atoms with E-state index in [1.165, 1.54) is 12.8 Å². The number of rotatable bonds is 5. The summed E-state index contributed by atoms with van der Waals surface area (Å²) < 4.78 is 5.38. The lowest BCUT2D eigenvalue weighted by Gasteiger charge is -2.24. The van der Waals surface area contributed by atoms with Crippen LogP contribution in [0.4, 0.5) is 0 Å². The van der Waals surface area contributed by atoms with Crippen molar-refractivity contribution in [1.29, 1.82) is 0 Å². The molecule has 3 nitrogen and oxygen atoms in total. The third-order valence-corrected chi connectivity index (χ3v) is 3.52. The van der Waals surface area contributed by atoms with Gasteiger partial charge in [0, 0.05) is 6.20 Å². The second-order valence-corrected chi connectivity index (χ2v) is 4.55. The van der Waals surface area contributed by atoms with Crippen molar-refractivity contribution < 1.29 is 4.74 Å². The molecule has 3 heteroatoms. The van der Waals surface area contributed by atoms with Gasteiger partial charge in [-0.3, -0.25) is 4.98 Å². The van der Waals surface area contributed by atoms with E-state index in [-0.39, 0.29) is 0 Å². The van der Waals surface area contributed by atoms with Crippen LogP contribution in [0.2, 0.25) is 0 Å². The predicted molar refractivity (Wildman–Crippen MR) is 64.5 cm³/mol. The predicted octanol–water partition coefficient (Wildman–Crippen LogP) is 2.40. The van der Waals surface area contributed by atoms with Gasteiger partial charge in [0.25, 0.3) is 0 Å². The Morgan fingerprint density at radius 2 is 2.25 bits per heavy atom. The lowest BCUT2D eigenvalue weighted by Crippen LogP contribution is -2.26. The molecule has 1 N–H and O–H groups in total. The highest BCUT2D eigenvalue weighted by atomic mass is 16.5. The molecular weight excluding hydrogens is 200 g/mol. The molecule has 0 amide bonds. The maximum atomic E-state index is 5.38. The molecule has 2 atom stereocenters. The Bertz CT molecular complexity index is 350. The Balaban J connectivity index is 2.24. The lowest BCUT2D eigenvalue weighted by molar-refractivity contribution is 0.338. The molecule has 0 bridgehead atoms. The third-order valence-electron chi connectivity index (χ3n) is 3.52. The van der Waals surface area contributed by atoms with Crippen LogP contribution in [0.5, 0.6) is 5.75 Å². The third kappa shape index (κ3) is 2.19. The van der Waals surface area contributed by atoms with E-state index in [9.17, 15) is 0 Å². The summed E-state index contributed by atoms with van der Waals surface area (Å²) in [4.78, 5) is 4.46. The lowest BCUT2D eigenvalue weighted by atomic mass is 9.93. The average molecular weight is 220 g/mol. The molecule has 2 unspecified atom stereocenters. The smallest absolute Gasteiger partial charge is 0.141 e. The Morgan fingerprint density at radius 1 is 1.50 bits per heavy atom. The minimum atomic E-state index is 0.295. The van der Waals surface area contributed by atoms with Crippen LogP contribution in [-0.2, 0) is 0 Å². The van der Waals surface area contributed by atoms with E-state index < -0.39 is 0 Å². The van der Waals surface area contributed by atoms with Gasteiger partial charge in [-0.1, -0.05) is 6.92 Å². The van der Waals surface area contributed by atoms with Gasteiger partial charge in [-0.25, -0.2) is 0 Å². The van der Waals surface area contributed by atoms with E-state index >= 15 is 0 Å². The minimum absolute atomic E-state index is 0.295. The van der Waals surface area contributed by atoms with E-state index in [2.05, 4.69) is 17.2 Å². The van der Waals surface area contributed by atoms with Crippen LogP contribution in [0.25, 0.3) is 0 Å². The number of hydrogen-bond acceptors (Lipinski definition) is 3. The molecule has 0 radical (unpaired) electrons. The van der Waals surface area contributed by atoms with Crippen LogP contribution in [0.1, 0.15) is 31.5 Å². The first-order valence-electron chi connectivity index (χ1n) is 5.94. The SMILES string of the molecule is CNC(c1ncccc1OC)C(C)C1CC1. The van der Waals surface area contributed by atoms with Crippen molar-refractivity contribution in [2.24, 2.45) is 11.8 Å². The van der Waals surface area contributed by atoms with E-state index in [4.69, 9.17) is 4.74 Å².